The van der Waals surface area contributed by atoms with Crippen molar-refractivity contribution in [2.45, 2.75) is 35.6 Å². The van der Waals surface area contributed by atoms with Gasteiger partial charge in [0.2, 0.25) is 0 Å². The molecule has 1 heterocycles. The molecule has 0 aliphatic heterocycles. The molecule has 116 valence electrons. The van der Waals surface area contributed by atoms with Gasteiger partial charge in [0.1, 0.15) is 0 Å². The van der Waals surface area contributed by atoms with Crippen LogP contribution in [0.25, 0.3) is 0 Å². The Balaban J connectivity index is 0.000000396. The van der Waals surface area contributed by atoms with E-state index in [2.05, 4.69) is 0 Å². The lowest BCUT2D eigenvalue weighted by molar-refractivity contribution is -0.682. The summed E-state index contributed by atoms with van der Waals surface area (Å²) in [6.07, 6.45) is 0. The minimum Gasteiger partial charge on any atom is -0.618 e. The van der Waals surface area contributed by atoms with Crippen LogP contribution in [0.3, 0.4) is 0 Å². The highest BCUT2D eigenvalue weighted by Crippen LogP contribution is 2.44. The number of aromatic nitrogens is 2. The lowest BCUT2D eigenvalue weighted by atomic mass is 10.3. The molecule has 20 heavy (non-hydrogen) atoms. The lowest BCUT2D eigenvalue weighted by Crippen LogP contribution is -2.47. The van der Waals surface area contributed by atoms with E-state index in [0.29, 0.717) is 68.0 Å². The zero-order valence-electron chi connectivity index (χ0n) is 11.0. The van der Waals surface area contributed by atoms with E-state index in [-0.39, 0.29) is 0 Å². The van der Waals surface area contributed by atoms with Crippen LogP contribution in [0.15, 0.2) is 0 Å². The van der Waals surface area contributed by atoms with Crippen molar-refractivity contribution in [2.75, 3.05) is 0 Å². The Morgan fingerprint density at radius 2 is 0.850 bits per heavy atom. The second-order valence-corrected chi connectivity index (χ2v) is 6.64. The Morgan fingerprint density at radius 1 is 0.700 bits per heavy atom. The third kappa shape index (κ3) is 4.70. The topological polar surface area (TPSA) is 53.9 Å². The van der Waals surface area contributed by atoms with E-state index in [4.69, 9.17) is 0 Å². The summed E-state index contributed by atoms with van der Waals surface area (Å²) in [6.45, 7) is 6.57. The second kappa shape index (κ2) is 6.75. The minimum absolute atomic E-state index is 0.393. The van der Waals surface area contributed by atoms with E-state index >= 15 is 0 Å². The molecule has 10 heteroatoms. The lowest BCUT2D eigenvalue weighted by Gasteiger charge is -2.13. The SMILES string of the molecule is Cc1c(C)[n+]([O-])c(C)c(C)[n+]1[O-].FC(F)(I)C(F)(F)I. The van der Waals surface area contributed by atoms with E-state index in [0.717, 1.165) is 9.46 Å². The van der Waals surface area contributed by atoms with Crippen molar-refractivity contribution in [3.63, 3.8) is 0 Å². The molecule has 0 spiro atoms. The molecular weight excluding hydrogens is 510 g/mol. The van der Waals surface area contributed by atoms with E-state index in [1.54, 1.807) is 27.7 Å². The van der Waals surface area contributed by atoms with Gasteiger partial charge in [-0.2, -0.15) is 27.0 Å². The summed E-state index contributed by atoms with van der Waals surface area (Å²) >= 11 is 0.785. The highest BCUT2D eigenvalue weighted by Gasteiger charge is 2.51. The predicted molar refractivity (Wildman–Crippen MR) is 81.2 cm³/mol. The van der Waals surface area contributed by atoms with Gasteiger partial charge in [-0.3, -0.25) is 0 Å². The highest BCUT2D eigenvalue weighted by molar-refractivity contribution is 14.1. The summed E-state index contributed by atoms with van der Waals surface area (Å²) in [6, 6.07) is 0. The molecule has 1 aromatic heterocycles. The summed E-state index contributed by atoms with van der Waals surface area (Å²) in [4.78, 5) is 0. The summed E-state index contributed by atoms with van der Waals surface area (Å²) in [5, 5.41) is 22.7. The Hall–Kier alpha value is -0.140. The number of rotatable bonds is 1. The molecule has 0 amide bonds. The first-order valence-electron chi connectivity index (χ1n) is 5.14. The maximum atomic E-state index is 11.5. The highest BCUT2D eigenvalue weighted by atomic mass is 127. The van der Waals surface area contributed by atoms with E-state index in [1.165, 1.54) is 0 Å². The molecule has 0 aromatic carbocycles. The third-order valence-corrected chi connectivity index (χ3v) is 4.97. The molecule has 0 saturated heterocycles. The average Bonchev–Trinajstić information content (AvgIpc) is 2.30. The first-order valence-corrected chi connectivity index (χ1v) is 7.30. The van der Waals surface area contributed by atoms with Crippen molar-refractivity contribution >= 4 is 45.2 Å². The van der Waals surface area contributed by atoms with Crippen molar-refractivity contribution in [3.8, 4) is 0 Å². The molecule has 4 nitrogen and oxygen atoms in total. The van der Waals surface area contributed by atoms with Crippen LogP contribution >= 0.6 is 45.2 Å². The summed E-state index contributed by atoms with van der Waals surface area (Å²) < 4.78 is 39.5. The van der Waals surface area contributed by atoms with Gasteiger partial charge in [0.25, 0.3) is 22.8 Å². The van der Waals surface area contributed by atoms with Gasteiger partial charge in [0, 0.05) is 72.9 Å². The maximum absolute atomic E-state index is 11.5. The molecule has 0 aliphatic rings. The van der Waals surface area contributed by atoms with Gasteiger partial charge in [0.05, 0.1) is 0 Å². The van der Waals surface area contributed by atoms with Crippen LogP contribution < -0.4 is 9.46 Å². The third-order valence-electron chi connectivity index (χ3n) is 2.59. The van der Waals surface area contributed by atoms with Crippen LogP contribution in [-0.4, -0.2) is 7.86 Å². The zero-order chi connectivity index (χ0) is 16.5. The normalized spacial score (nSPS) is 11.9. The van der Waals surface area contributed by atoms with Gasteiger partial charge in [-0.05, 0) is 0 Å². The Morgan fingerprint density at radius 3 is 0.950 bits per heavy atom. The van der Waals surface area contributed by atoms with E-state index < -0.39 is 7.86 Å². The monoisotopic (exact) mass is 522 g/mol. The molecular formula is C10H12F4I2N2O2. The van der Waals surface area contributed by atoms with E-state index in [1.807, 2.05) is 0 Å². The van der Waals surface area contributed by atoms with Crippen LogP contribution in [0, 0.1) is 38.1 Å². The van der Waals surface area contributed by atoms with Crippen LogP contribution in [0.2, 0.25) is 0 Å². The summed E-state index contributed by atoms with van der Waals surface area (Å²) in [5.41, 5.74) is 1.86. The molecule has 0 aliphatic carbocycles. The van der Waals surface area contributed by atoms with Crippen molar-refractivity contribution in [1.82, 2.24) is 0 Å². The molecule has 0 saturated carbocycles. The first-order chi connectivity index (χ1) is 8.71. The first kappa shape index (κ1) is 19.9. The van der Waals surface area contributed by atoms with E-state index in [9.17, 15) is 28.0 Å². The van der Waals surface area contributed by atoms with Crippen LogP contribution in [0.4, 0.5) is 17.6 Å². The molecule has 0 radical (unpaired) electrons. The molecule has 1 rings (SSSR count). The van der Waals surface area contributed by atoms with Crippen molar-refractivity contribution in [2.24, 2.45) is 0 Å². The summed E-state index contributed by atoms with van der Waals surface area (Å²) in [5.74, 6) is 0. The second-order valence-electron chi connectivity index (χ2n) is 3.93. The van der Waals surface area contributed by atoms with Crippen LogP contribution in [-0.2, 0) is 0 Å². The zero-order valence-corrected chi connectivity index (χ0v) is 15.3. The number of hydrogen-bond acceptors (Lipinski definition) is 2. The number of hydrogen-bond donors (Lipinski definition) is 0. The van der Waals surface area contributed by atoms with Crippen molar-refractivity contribution < 1.29 is 27.0 Å². The average molecular weight is 522 g/mol. The van der Waals surface area contributed by atoms with Gasteiger partial charge >= 0.3 is 7.86 Å². The molecule has 0 unspecified atom stereocenters. The largest absolute Gasteiger partial charge is 0.618 e. The Bertz CT molecular complexity index is 385. The number of alkyl halides is 6. The van der Waals surface area contributed by atoms with Crippen LogP contribution in [0.5, 0.6) is 0 Å². The minimum atomic E-state index is -3.94. The van der Waals surface area contributed by atoms with Crippen molar-refractivity contribution in [3.05, 3.63) is 33.2 Å². The van der Waals surface area contributed by atoms with Gasteiger partial charge in [0.15, 0.2) is 0 Å². The standard InChI is InChI=1S/C8H12N2O2.C2F4I2/c1-5-6(2)10(12)8(4)7(3)9(5)11;3-1(4,7)2(5,6)8/h1-4H3;. The van der Waals surface area contributed by atoms with Crippen LogP contribution in [0.1, 0.15) is 22.8 Å². The smallest absolute Gasteiger partial charge is 0.367 e. The van der Waals surface area contributed by atoms with Crippen molar-refractivity contribution in [1.29, 1.82) is 0 Å². The van der Waals surface area contributed by atoms with Gasteiger partial charge < -0.3 is 10.4 Å². The number of halogens is 6. The molecule has 0 N–H and O–H groups in total. The van der Waals surface area contributed by atoms with Gasteiger partial charge in [-0.15, -0.1) is 0 Å². The molecule has 0 bridgehead atoms. The number of nitrogens with zero attached hydrogens (tertiary/aromatic N) is 2. The fourth-order valence-electron chi connectivity index (χ4n) is 1.09. The van der Waals surface area contributed by atoms with Gasteiger partial charge in [-0.25, -0.2) is 0 Å². The Kier molecular flexibility index (Phi) is 6.70. The van der Waals surface area contributed by atoms with Gasteiger partial charge in [-0.1, -0.05) is 0 Å². The summed E-state index contributed by atoms with van der Waals surface area (Å²) in [7, 11) is 0. The predicted octanol–water partition coefficient (Wildman–Crippen LogP) is 3.23. The molecule has 0 atom stereocenters. The quantitative estimate of drug-likeness (QED) is 0.187. The fourth-order valence-corrected chi connectivity index (χ4v) is 1.09. The fraction of sp³-hybridized carbons (Fsp3) is 0.600. The Labute approximate surface area is 140 Å². The molecule has 1 aromatic rings. The molecule has 0 fully saturated rings. The maximum Gasteiger partial charge on any atom is 0.367 e.